The number of Topliss-reactive ketones (excluding diaryl/α,β-unsaturated/α-hetero) is 2. The van der Waals surface area contributed by atoms with E-state index in [1.54, 1.807) is 18.2 Å². The molecule has 2 aromatic carbocycles. The Hall–Kier alpha value is -1.71. The molecule has 1 fully saturated rings. The number of halogens is 2. The molecule has 0 saturated heterocycles. The standard InChI is InChI=1S/C22H18BrClO2/c23-20-19(21(25)17-3-1-2-4-18(17)22(20)26)15-7-5-13(6-8-15)14-9-11-16(24)12-10-14/h1-4,9-13,15H,5-8H2. The molecule has 0 atom stereocenters. The van der Waals surface area contributed by atoms with Crippen molar-refractivity contribution in [1.29, 1.82) is 0 Å². The number of rotatable bonds is 2. The molecule has 2 nitrogen and oxygen atoms in total. The van der Waals surface area contributed by atoms with Crippen LogP contribution in [0.5, 0.6) is 0 Å². The maximum absolute atomic E-state index is 13.0. The van der Waals surface area contributed by atoms with E-state index < -0.39 is 0 Å². The Labute approximate surface area is 166 Å². The van der Waals surface area contributed by atoms with Gasteiger partial charge in [0.25, 0.3) is 0 Å². The Morgan fingerprint density at radius 2 is 1.31 bits per heavy atom. The second-order valence-electron chi connectivity index (χ2n) is 7.03. The lowest BCUT2D eigenvalue weighted by atomic mass is 9.72. The van der Waals surface area contributed by atoms with E-state index in [2.05, 4.69) is 28.1 Å². The van der Waals surface area contributed by atoms with Crippen LogP contribution in [-0.4, -0.2) is 11.6 Å². The maximum Gasteiger partial charge on any atom is 0.201 e. The van der Waals surface area contributed by atoms with Gasteiger partial charge in [0, 0.05) is 21.7 Å². The highest BCUT2D eigenvalue weighted by Crippen LogP contribution is 2.43. The first-order chi connectivity index (χ1) is 12.6. The fourth-order valence-corrected chi connectivity index (χ4v) is 5.02. The van der Waals surface area contributed by atoms with Gasteiger partial charge in [-0.15, -0.1) is 0 Å². The monoisotopic (exact) mass is 428 g/mol. The van der Waals surface area contributed by atoms with Crippen LogP contribution in [0.1, 0.15) is 57.9 Å². The molecule has 2 aliphatic rings. The molecular weight excluding hydrogens is 412 g/mol. The van der Waals surface area contributed by atoms with Crippen molar-refractivity contribution in [2.75, 3.05) is 0 Å². The highest BCUT2D eigenvalue weighted by Gasteiger charge is 2.36. The molecule has 0 bridgehead atoms. The van der Waals surface area contributed by atoms with Crippen LogP contribution in [0, 0.1) is 5.92 Å². The van der Waals surface area contributed by atoms with Crippen LogP contribution in [-0.2, 0) is 0 Å². The molecule has 0 amide bonds. The minimum Gasteiger partial charge on any atom is -0.289 e. The van der Waals surface area contributed by atoms with Gasteiger partial charge in [-0.25, -0.2) is 0 Å². The van der Waals surface area contributed by atoms with E-state index in [1.165, 1.54) is 5.56 Å². The van der Waals surface area contributed by atoms with Crippen molar-refractivity contribution >= 4 is 39.1 Å². The summed E-state index contributed by atoms with van der Waals surface area (Å²) in [6, 6.07) is 15.1. The third kappa shape index (κ3) is 3.08. The Morgan fingerprint density at radius 3 is 1.92 bits per heavy atom. The first kappa shape index (κ1) is 17.7. The van der Waals surface area contributed by atoms with E-state index in [1.807, 2.05) is 18.2 Å². The van der Waals surface area contributed by atoms with Crippen molar-refractivity contribution in [2.45, 2.75) is 31.6 Å². The number of benzene rings is 2. The smallest absolute Gasteiger partial charge is 0.201 e. The molecule has 0 radical (unpaired) electrons. The lowest BCUT2D eigenvalue weighted by Gasteiger charge is -2.32. The van der Waals surface area contributed by atoms with Gasteiger partial charge in [-0.05, 0) is 71.1 Å². The number of hydrogen-bond acceptors (Lipinski definition) is 2. The normalized spacial score (nSPS) is 23.2. The molecule has 132 valence electrons. The van der Waals surface area contributed by atoms with E-state index in [4.69, 9.17) is 11.6 Å². The van der Waals surface area contributed by atoms with Crippen LogP contribution in [0.3, 0.4) is 0 Å². The van der Waals surface area contributed by atoms with Crippen molar-refractivity contribution in [2.24, 2.45) is 5.92 Å². The summed E-state index contributed by atoms with van der Waals surface area (Å²) in [5.41, 5.74) is 3.01. The van der Waals surface area contributed by atoms with Crippen molar-refractivity contribution in [1.82, 2.24) is 0 Å². The summed E-state index contributed by atoms with van der Waals surface area (Å²) in [7, 11) is 0. The van der Waals surface area contributed by atoms with Crippen molar-refractivity contribution in [3.05, 3.63) is 80.3 Å². The fraction of sp³-hybridized carbons (Fsp3) is 0.273. The van der Waals surface area contributed by atoms with Gasteiger partial charge in [0.1, 0.15) is 0 Å². The largest absolute Gasteiger partial charge is 0.289 e. The topological polar surface area (TPSA) is 34.1 Å². The maximum atomic E-state index is 13.0. The molecule has 2 aliphatic carbocycles. The van der Waals surface area contributed by atoms with Crippen molar-refractivity contribution < 1.29 is 9.59 Å². The Kier molecular flexibility index (Phi) is 4.85. The zero-order chi connectivity index (χ0) is 18.3. The van der Waals surface area contributed by atoms with Crippen molar-refractivity contribution in [3.8, 4) is 0 Å². The summed E-state index contributed by atoms with van der Waals surface area (Å²) >= 11 is 9.41. The summed E-state index contributed by atoms with van der Waals surface area (Å²) in [4.78, 5) is 25.7. The van der Waals surface area contributed by atoms with E-state index in [0.717, 1.165) is 30.7 Å². The minimum absolute atomic E-state index is 0.00187. The van der Waals surface area contributed by atoms with Gasteiger partial charge >= 0.3 is 0 Å². The molecule has 0 aromatic heterocycles. The molecule has 0 N–H and O–H groups in total. The number of fused-ring (bicyclic) bond motifs is 1. The van der Waals surface area contributed by atoms with Gasteiger partial charge in [0.2, 0.25) is 5.78 Å². The summed E-state index contributed by atoms with van der Waals surface area (Å²) < 4.78 is 0.455. The third-order valence-electron chi connectivity index (χ3n) is 5.57. The first-order valence-electron chi connectivity index (χ1n) is 8.90. The molecule has 0 heterocycles. The average molecular weight is 430 g/mol. The summed E-state index contributed by atoms with van der Waals surface area (Å²) in [6.07, 6.45) is 3.86. The zero-order valence-electron chi connectivity index (χ0n) is 14.2. The summed E-state index contributed by atoms with van der Waals surface area (Å²) in [5.74, 6) is 0.555. The number of ketones is 2. The number of allylic oxidation sites excluding steroid dienone is 2. The Bertz CT molecular complexity index is 906. The number of hydrogen-bond donors (Lipinski definition) is 0. The molecule has 0 unspecified atom stereocenters. The van der Waals surface area contributed by atoms with Gasteiger partial charge in [-0.3, -0.25) is 9.59 Å². The molecular formula is C22H18BrClO2. The summed E-state index contributed by atoms with van der Waals surface area (Å²) in [5, 5.41) is 0.751. The predicted molar refractivity (Wildman–Crippen MR) is 107 cm³/mol. The van der Waals surface area contributed by atoms with Crippen LogP contribution in [0.4, 0.5) is 0 Å². The Morgan fingerprint density at radius 1 is 0.769 bits per heavy atom. The zero-order valence-corrected chi connectivity index (χ0v) is 16.5. The number of carbonyl (C=O) groups excluding carboxylic acids is 2. The predicted octanol–water partition coefficient (Wildman–Crippen LogP) is 6.34. The van der Waals surface area contributed by atoms with Crippen LogP contribution in [0.15, 0.2) is 58.6 Å². The summed E-state index contributed by atoms with van der Waals surface area (Å²) in [6.45, 7) is 0. The third-order valence-corrected chi connectivity index (χ3v) is 6.61. The average Bonchev–Trinajstić information content (AvgIpc) is 2.68. The highest BCUT2D eigenvalue weighted by molar-refractivity contribution is 9.12. The molecule has 4 rings (SSSR count). The van der Waals surface area contributed by atoms with Crippen LogP contribution >= 0.6 is 27.5 Å². The van der Waals surface area contributed by atoms with Crippen molar-refractivity contribution in [3.63, 3.8) is 0 Å². The number of carbonyl (C=O) groups is 2. The molecule has 4 heteroatoms. The molecule has 0 aliphatic heterocycles. The van der Waals surface area contributed by atoms with Gasteiger partial charge in [0.05, 0.1) is 4.48 Å². The molecule has 0 spiro atoms. The second kappa shape index (κ2) is 7.13. The quantitative estimate of drug-likeness (QED) is 0.558. The van der Waals surface area contributed by atoms with Gasteiger partial charge in [-0.1, -0.05) is 48.0 Å². The second-order valence-corrected chi connectivity index (χ2v) is 8.26. The molecule has 26 heavy (non-hydrogen) atoms. The van der Waals surface area contributed by atoms with Gasteiger partial charge in [-0.2, -0.15) is 0 Å². The van der Waals surface area contributed by atoms with Crippen LogP contribution < -0.4 is 0 Å². The van der Waals surface area contributed by atoms with Crippen LogP contribution in [0.2, 0.25) is 5.02 Å². The van der Waals surface area contributed by atoms with Gasteiger partial charge in [0.15, 0.2) is 5.78 Å². The Balaban J connectivity index is 1.56. The fourth-order valence-electron chi connectivity index (χ4n) is 4.18. The molecule has 1 saturated carbocycles. The van der Waals surface area contributed by atoms with E-state index in [-0.39, 0.29) is 17.5 Å². The minimum atomic E-state index is -0.0741. The molecule has 2 aromatic rings. The lowest BCUT2D eigenvalue weighted by molar-refractivity contribution is 0.0967. The van der Waals surface area contributed by atoms with Gasteiger partial charge < -0.3 is 0 Å². The first-order valence-corrected chi connectivity index (χ1v) is 10.1. The SMILES string of the molecule is O=C1C(Br)=C(C2CCC(c3ccc(Cl)cc3)CC2)C(=O)c2ccccc21. The van der Waals surface area contributed by atoms with E-state index in [0.29, 0.717) is 27.1 Å². The highest BCUT2D eigenvalue weighted by atomic mass is 79.9. The van der Waals surface area contributed by atoms with E-state index >= 15 is 0 Å². The van der Waals surface area contributed by atoms with Crippen LogP contribution in [0.25, 0.3) is 0 Å². The lowest BCUT2D eigenvalue weighted by Crippen LogP contribution is -2.26. The van der Waals surface area contributed by atoms with E-state index in [9.17, 15) is 9.59 Å².